The molecule has 0 aromatic carbocycles. The second-order valence-corrected chi connectivity index (χ2v) is 3.41. The number of halogens is 2. The smallest absolute Gasteiger partial charge is 0.126 e. The summed E-state index contributed by atoms with van der Waals surface area (Å²) in [6.07, 6.45) is 0. The fourth-order valence-corrected chi connectivity index (χ4v) is 1.58. The average Bonchev–Trinajstić information content (AvgIpc) is 2.23. The van der Waals surface area contributed by atoms with Crippen LogP contribution in [0.25, 0.3) is 11.0 Å². The van der Waals surface area contributed by atoms with Gasteiger partial charge in [-0.3, -0.25) is 0 Å². The Balaban J connectivity index is 0.000000606. The van der Waals surface area contributed by atoms with Crippen molar-refractivity contribution in [2.75, 3.05) is 0 Å². The van der Waals surface area contributed by atoms with Gasteiger partial charge in [-0.1, -0.05) is 0 Å². The van der Waals surface area contributed by atoms with E-state index < -0.39 is 0 Å². The lowest BCUT2D eigenvalue weighted by atomic mass is 10.2. The van der Waals surface area contributed by atoms with E-state index in [0.29, 0.717) is 0 Å². The summed E-state index contributed by atoms with van der Waals surface area (Å²) in [7, 11) is 0. The predicted octanol–water partition coefficient (Wildman–Crippen LogP) is 3.42. The van der Waals surface area contributed by atoms with Crippen molar-refractivity contribution in [1.82, 2.24) is 19.9 Å². The van der Waals surface area contributed by atoms with Crippen molar-refractivity contribution in [2.45, 2.75) is 27.7 Å². The highest BCUT2D eigenvalue weighted by Gasteiger charge is 2.07. The van der Waals surface area contributed by atoms with Gasteiger partial charge >= 0.3 is 0 Å². The molecule has 0 aliphatic carbocycles. The highest BCUT2D eigenvalue weighted by atomic mass is 128. The summed E-state index contributed by atoms with van der Waals surface area (Å²) < 4.78 is 0. The summed E-state index contributed by atoms with van der Waals surface area (Å²) in [5.41, 5.74) is 3.56. The van der Waals surface area contributed by atoms with Crippen molar-refractivity contribution in [2.24, 2.45) is 0 Å². The number of aromatic nitrogens is 4. The third-order valence-electron chi connectivity index (χ3n) is 2.12. The van der Waals surface area contributed by atoms with Gasteiger partial charge in [0.2, 0.25) is 0 Å². The molecule has 0 spiro atoms. The third-order valence-corrected chi connectivity index (χ3v) is 2.12. The van der Waals surface area contributed by atoms with Crippen LogP contribution in [0.15, 0.2) is 0 Å². The maximum absolute atomic E-state index is 4.34. The van der Waals surface area contributed by atoms with E-state index in [1.54, 1.807) is 0 Å². The summed E-state index contributed by atoms with van der Waals surface area (Å²) in [4.78, 5) is 17.2. The molecule has 0 aliphatic heterocycles. The molecule has 0 aliphatic rings. The molecule has 16 heavy (non-hydrogen) atoms. The largest absolute Gasteiger partial charge is 0.236 e. The van der Waals surface area contributed by atoms with E-state index >= 15 is 0 Å². The Morgan fingerprint density at radius 2 is 0.938 bits per heavy atom. The minimum atomic E-state index is 0.769. The van der Waals surface area contributed by atoms with E-state index in [-0.39, 0.29) is 0 Å². The zero-order chi connectivity index (χ0) is 12.3. The standard InChI is InChI=1S/C10H12N4.I2/c1-5-9-10(14-7(3)11-5)6(2)12-8(4)13-9;1-2/h1-4H3;. The topological polar surface area (TPSA) is 51.6 Å². The minimum Gasteiger partial charge on any atom is -0.236 e. The van der Waals surface area contributed by atoms with Crippen LogP contribution in [0.4, 0.5) is 0 Å². The van der Waals surface area contributed by atoms with E-state index in [1.165, 1.54) is 0 Å². The van der Waals surface area contributed by atoms with E-state index in [4.69, 9.17) is 0 Å². The molecule has 2 aromatic rings. The molecule has 0 fully saturated rings. The Kier molecular flexibility index (Phi) is 5.22. The number of hydrogen-bond acceptors (Lipinski definition) is 4. The summed E-state index contributed by atoms with van der Waals surface area (Å²) in [6, 6.07) is 0. The lowest BCUT2D eigenvalue weighted by Crippen LogP contribution is -2.01. The molecule has 0 saturated carbocycles. The van der Waals surface area contributed by atoms with E-state index in [0.717, 1.165) is 34.1 Å². The van der Waals surface area contributed by atoms with Gasteiger partial charge in [0.1, 0.15) is 22.7 Å². The Labute approximate surface area is 118 Å². The van der Waals surface area contributed by atoms with Crippen molar-refractivity contribution in [1.29, 1.82) is 0 Å². The van der Waals surface area contributed by atoms with Crippen molar-refractivity contribution < 1.29 is 0 Å². The van der Waals surface area contributed by atoms with Gasteiger partial charge in [0.05, 0.1) is 11.4 Å². The summed E-state index contributed by atoms with van der Waals surface area (Å²) in [6.45, 7) is 7.66. The Morgan fingerprint density at radius 1 is 0.625 bits per heavy atom. The quantitative estimate of drug-likeness (QED) is 0.588. The molecule has 0 radical (unpaired) electrons. The normalized spacial score (nSPS) is 9.88. The fraction of sp³-hybridized carbons (Fsp3) is 0.400. The van der Waals surface area contributed by atoms with Gasteiger partial charge in [0.25, 0.3) is 0 Å². The fourth-order valence-electron chi connectivity index (χ4n) is 1.58. The van der Waals surface area contributed by atoms with Gasteiger partial charge in [-0.25, -0.2) is 19.9 Å². The van der Waals surface area contributed by atoms with E-state index in [2.05, 4.69) is 57.2 Å². The molecule has 2 aromatic heterocycles. The number of nitrogens with zero attached hydrogens (tertiary/aromatic N) is 4. The molecule has 0 amide bonds. The molecule has 6 heteroatoms. The van der Waals surface area contributed by atoms with Crippen LogP contribution >= 0.6 is 37.2 Å². The molecule has 2 rings (SSSR count). The third kappa shape index (κ3) is 2.96. The first-order valence-corrected chi connectivity index (χ1v) is 11.0. The molecular weight excluding hydrogens is 430 g/mol. The van der Waals surface area contributed by atoms with Gasteiger partial charge in [-0.15, -0.1) is 0 Å². The Morgan fingerprint density at radius 3 is 1.25 bits per heavy atom. The Hall–Kier alpha value is -0.120. The van der Waals surface area contributed by atoms with Crippen molar-refractivity contribution in [3.05, 3.63) is 23.0 Å². The van der Waals surface area contributed by atoms with Crippen molar-refractivity contribution >= 4 is 48.3 Å². The second-order valence-electron chi connectivity index (χ2n) is 3.41. The zero-order valence-corrected chi connectivity index (χ0v) is 13.9. The summed E-state index contributed by atoms with van der Waals surface area (Å²) >= 11 is 4.24. The number of hydrogen-bond donors (Lipinski definition) is 0. The van der Waals surface area contributed by atoms with Crippen molar-refractivity contribution in [3.8, 4) is 0 Å². The molecule has 0 atom stereocenters. The van der Waals surface area contributed by atoms with Crippen LogP contribution in [0, 0.1) is 27.7 Å². The van der Waals surface area contributed by atoms with E-state index in [9.17, 15) is 0 Å². The van der Waals surface area contributed by atoms with Crippen LogP contribution in [-0.4, -0.2) is 19.9 Å². The van der Waals surface area contributed by atoms with Gasteiger partial charge in [0, 0.05) is 37.2 Å². The maximum atomic E-state index is 4.34. The summed E-state index contributed by atoms with van der Waals surface area (Å²) in [5.74, 6) is 1.54. The molecule has 0 N–H and O–H groups in total. The number of fused-ring (bicyclic) bond motifs is 1. The van der Waals surface area contributed by atoms with Gasteiger partial charge < -0.3 is 0 Å². The summed E-state index contributed by atoms with van der Waals surface area (Å²) in [5, 5.41) is 0. The van der Waals surface area contributed by atoms with Crippen molar-refractivity contribution in [3.63, 3.8) is 0 Å². The first-order valence-electron chi connectivity index (χ1n) is 4.68. The average molecular weight is 442 g/mol. The highest BCUT2D eigenvalue weighted by molar-refractivity contribution is 15.0. The molecule has 0 saturated heterocycles. The maximum Gasteiger partial charge on any atom is 0.126 e. The molecule has 2 heterocycles. The van der Waals surface area contributed by atoms with Crippen LogP contribution in [0.1, 0.15) is 23.0 Å². The first kappa shape index (κ1) is 13.9. The Bertz CT molecular complexity index is 466. The lowest BCUT2D eigenvalue weighted by molar-refractivity contribution is 0.983. The number of aryl methyl sites for hydroxylation is 4. The van der Waals surface area contributed by atoms with Crippen LogP contribution in [0.2, 0.25) is 0 Å². The monoisotopic (exact) mass is 442 g/mol. The molecular formula is C10H12I2N4. The van der Waals surface area contributed by atoms with Gasteiger partial charge in [-0.2, -0.15) is 0 Å². The highest BCUT2D eigenvalue weighted by Crippen LogP contribution is 2.15. The predicted molar refractivity (Wildman–Crippen MR) is 82.1 cm³/mol. The second kappa shape index (κ2) is 5.99. The van der Waals surface area contributed by atoms with Crippen LogP contribution in [0.3, 0.4) is 0 Å². The van der Waals surface area contributed by atoms with Gasteiger partial charge in [0.15, 0.2) is 0 Å². The van der Waals surface area contributed by atoms with Crippen LogP contribution in [0.5, 0.6) is 0 Å². The molecule has 0 bridgehead atoms. The van der Waals surface area contributed by atoms with Crippen LogP contribution < -0.4 is 0 Å². The lowest BCUT2D eigenvalue weighted by Gasteiger charge is -2.04. The first-order chi connectivity index (χ1) is 7.58. The minimum absolute atomic E-state index is 0.769. The SMILES string of the molecule is Cc1nc(C)c2nc(C)nc(C)c2n1.II. The zero-order valence-electron chi connectivity index (χ0n) is 9.54. The molecule has 4 nitrogen and oxygen atoms in total. The molecule has 86 valence electrons. The van der Waals surface area contributed by atoms with Crippen LogP contribution in [-0.2, 0) is 0 Å². The van der Waals surface area contributed by atoms with Gasteiger partial charge in [-0.05, 0) is 27.7 Å². The molecule has 0 unspecified atom stereocenters. The van der Waals surface area contributed by atoms with E-state index in [1.807, 2.05) is 27.7 Å². The number of rotatable bonds is 0.